The van der Waals surface area contributed by atoms with E-state index in [1.54, 1.807) is 6.08 Å². The molecular formula is C18H26O. The van der Waals surface area contributed by atoms with Crippen LogP contribution in [0.15, 0.2) is 48.6 Å². The molecule has 1 aromatic carbocycles. The summed E-state index contributed by atoms with van der Waals surface area (Å²) >= 11 is 0. The van der Waals surface area contributed by atoms with Gasteiger partial charge in [0.05, 0.1) is 0 Å². The van der Waals surface area contributed by atoms with E-state index in [-0.39, 0.29) is 0 Å². The molecule has 1 nitrogen and oxygen atoms in total. The van der Waals surface area contributed by atoms with E-state index in [1.807, 2.05) is 30.3 Å². The first-order valence-electron chi connectivity index (χ1n) is 7.25. The first-order valence-corrected chi connectivity index (χ1v) is 7.25. The standard InChI is InChI=1S/C18H26O/c1-4-6-7-8-10-16(9-5-2)18(19)17-13-11-15(3)12-14-17/h5,9,11-14,18-19H,2,4,6-8,10H2,1,3H3/b16-9+/t18-/m1/s1. The van der Waals surface area contributed by atoms with Crippen molar-refractivity contribution in [1.82, 2.24) is 0 Å². The van der Waals surface area contributed by atoms with Crippen LogP contribution >= 0.6 is 0 Å². The highest BCUT2D eigenvalue weighted by atomic mass is 16.3. The quantitative estimate of drug-likeness (QED) is 0.507. The highest BCUT2D eigenvalue weighted by Crippen LogP contribution is 2.26. The molecule has 0 aliphatic rings. The molecule has 19 heavy (non-hydrogen) atoms. The average Bonchev–Trinajstić information content (AvgIpc) is 2.42. The van der Waals surface area contributed by atoms with Crippen molar-refractivity contribution in [3.05, 3.63) is 59.7 Å². The van der Waals surface area contributed by atoms with E-state index < -0.39 is 6.10 Å². The lowest BCUT2D eigenvalue weighted by Gasteiger charge is -2.15. The van der Waals surface area contributed by atoms with Gasteiger partial charge in [0.1, 0.15) is 6.10 Å². The van der Waals surface area contributed by atoms with Crippen molar-refractivity contribution in [2.75, 3.05) is 0 Å². The molecule has 1 heteroatoms. The second-order valence-electron chi connectivity index (χ2n) is 5.10. The third-order valence-electron chi connectivity index (χ3n) is 3.40. The Bertz CT molecular complexity index is 400. The van der Waals surface area contributed by atoms with Crippen molar-refractivity contribution in [2.45, 2.75) is 52.1 Å². The van der Waals surface area contributed by atoms with E-state index in [2.05, 4.69) is 20.4 Å². The van der Waals surface area contributed by atoms with Crippen LogP contribution in [0.25, 0.3) is 0 Å². The number of allylic oxidation sites excluding steroid dienone is 2. The minimum absolute atomic E-state index is 0.500. The number of unbranched alkanes of at least 4 members (excludes halogenated alkanes) is 3. The number of aliphatic hydroxyl groups excluding tert-OH is 1. The van der Waals surface area contributed by atoms with Gasteiger partial charge in [0, 0.05) is 0 Å². The summed E-state index contributed by atoms with van der Waals surface area (Å²) in [5.74, 6) is 0. The molecule has 0 aromatic heterocycles. The zero-order valence-electron chi connectivity index (χ0n) is 12.2. The first kappa shape index (κ1) is 15.7. The normalized spacial score (nSPS) is 13.3. The van der Waals surface area contributed by atoms with Gasteiger partial charge in [-0.3, -0.25) is 0 Å². The van der Waals surface area contributed by atoms with Gasteiger partial charge in [0.15, 0.2) is 0 Å². The maximum atomic E-state index is 10.4. The number of rotatable bonds is 8. The summed E-state index contributed by atoms with van der Waals surface area (Å²) in [6, 6.07) is 8.09. The number of hydrogen-bond acceptors (Lipinski definition) is 1. The second-order valence-corrected chi connectivity index (χ2v) is 5.10. The molecule has 0 fully saturated rings. The summed E-state index contributed by atoms with van der Waals surface area (Å²) in [6.07, 6.45) is 9.04. The molecule has 0 bridgehead atoms. The fourth-order valence-corrected chi connectivity index (χ4v) is 2.18. The van der Waals surface area contributed by atoms with E-state index >= 15 is 0 Å². The van der Waals surface area contributed by atoms with Crippen molar-refractivity contribution in [1.29, 1.82) is 0 Å². The molecule has 1 atom stereocenters. The summed E-state index contributed by atoms with van der Waals surface area (Å²) in [5, 5.41) is 10.4. The van der Waals surface area contributed by atoms with E-state index in [1.165, 1.54) is 24.8 Å². The lowest BCUT2D eigenvalue weighted by molar-refractivity contribution is 0.210. The van der Waals surface area contributed by atoms with Gasteiger partial charge in [-0.05, 0) is 30.9 Å². The first-order chi connectivity index (χ1) is 9.19. The van der Waals surface area contributed by atoms with Crippen molar-refractivity contribution in [2.24, 2.45) is 0 Å². The van der Waals surface area contributed by atoms with Crippen molar-refractivity contribution >= 4 is 0 Å². The van der Waals surface area contributed by atoms with Crippen LogP contribution in [0.3, 0.4) is 0 Å². The Morgan fingerprint density at radius 3 is 2.47 bits per heavy atom. The molecule has 1 rings (SSSR count). The Balaban J connectivity index is 2.67. The third-order valence-corrected chi connectivity index (χ3v) is 3.40. The van der Waals surface area contributed by atoms with E-state index in [0.29, 0.717) is 0 Å². The van der Waals surface area contributed by atoms with Crippen LogP contribution in [0, 0.1) is 6.92 Å². The van der Waals surface area contributed by atoms with Crippen LogP contribution in [-0.2, 0) is 0 Å². The maximum absolute atomic E-state index is 10.4. The predicted octanol–water partition coefficient (Wildman–Crippen LogP) is 5.11. The number of benzene rings is 1. The van der Waals surface area contributed by atoms with Crippen LogP contribution in [0.1, 0.15) is 56.3 Å². The SMILES string of the molecule is C=C/C=C(\CCCCCC)[C@@H](O)c1ccc(C)cc1. The largest absolute Gasteiger partial charge is 0.384 e. The Kier molecular flexibility index (Phi) is 7.20. The molecule has 0 radical (unpaired) electrons. The van der Waals surface area contributed by atoms with Gasteiger partial charge < -0.3 is 5.11 Å². The highest BCUT2D eigenvalue weighted by molar-refractivity contribution is 5.30. The Labute approximate surface area is 117 Å². The smallest absolute Gasteiger partial charge is 0.100 e. The van der Waals surface area contributed by atoms with Gasteiger partial charge in [-0.25, -0.2) is 0 Å². The van der Waals surface area contributed by atoms with Crippen LogP contribution in [-0.4, -0.2) is 5.11 Å². The molecule has 1 N–H and O–H groups in total. The Morgan fingerprint density at radius 1 is 1.21 bits per heavy atom. The molecule has 1 aromatic rings. The molecule has 0 spiro atoms. The van der Waals surface area contributed by atoms with Crippen molar-refractivity contribution < 1.29 is 5.11 Å². The average molecular weight is 258 g/mol. The van der Waals surface area contributed by atoms with Crippen LogP contribution in [0.4, 0.5) is 0 Å². The zero-order chi connectivity index (χ0) is 14.1. The maximum Gasteiger partial charge on any atom is 0.100 e. The van der Waals surface area contributed by atoms with Gasteiger partial charge in [0.25, 0.3) is 0 Å². The van der Waals surface area contributed by atoms with Crippen LogP contribution < -0.4 is 0 Å². The highest BCUT2D eigenvalue weighted by Gasteiger charge is 2.12. The Hall–Kier alpha value is -1.34. The second kappa shape index (κ2) is 8.71. The minimum atomic E-state index is -0.500. The van der Waals surface area contributed by atoms with Gasteiger partial charge in [-0.2, -0.15) is 0 Å². The zero-order valence-corrected chi connectivity index (χ0v) is 12.2. The number of aryl methyl sites for hydroxylation is 1. The molecule has 104 valence electrons. The molecule has 0 unspecified atom stereocenters. The lowest BCUT2D eigenvalue weighted by Crippen LogP contribution is -2.02. The van der Waals surface area contributed by atoms with E-state index in [9.17, 15) is 5.11 Å². The molecule has 0 aliphatic carbocycles. The topological polar surface area (TPSA) is 20.2 Å². The molecule has 0 aliphatic heterocycles. The minimum Gasteiger partial charge on any atom is -0.384 e. The summed E-state index contributed by atoms with van der Waals surface area (Å²) in [6.45, 7) is 8.01. The van der Waals surface area contributed by atoms with Crippen molar-refractivity contribution in [3.8, 4) is 0 Å². The lowest BCUT2D eigenvalue weighted by atomic mass is 9.95. The predicted molar refractivity (Wildman–Crippen MR) is 83.2 cm³/mol. The van der Waals surface area contributed by atoms with Gasteiger partial charge in [-0.15, -0.1) is 0 Å². The fourth-order valence-electron chi connectivity index (χ4n) is 2.18. The molecule has 0 saturated heterocycles. The number of hydrogen-bond donors (Lipinski definition) is 1. The number of aliphatic hydroxyl groups is 1. The Morgan fingerprint density at radius 2 is 1.89 bits per heavy atom. The summed E-state index contributed by atoms with van der Waals surface area (Å²) in [4.78, 5) is 0. The molecule has 0 amide bonds. The summed E-state index contributed by atoms with van der Waals surface area (Å²) in [5.41, 5.74) is 3.25. The van der Waals surface area contributed by atoms with E-state index in [0.717, 1.165) is 24.0 Å². The third kappa shape index (κ3) is 5.44. The van der Waals surface area contributed by atoms with Gasteiger partial charge in [-0.1, -0.05) is 74.7 Å². The fraction of sp³-hybridized carbons (Fsp3) is 0.444. The molecule has 0 saturated carbocycles. The van der Waals surface area contributed by atoms with Crippen LogP contribution in [0.5, 0.6) is 0 Å². The van der Waals surface area contributed by atoms with E-state index in [4.69, 9.17) is 0 Å². The van der Waals surface area contributed by atoms with Gasteiger partial charge >= 0.3 is 0 Å². The monoisotopic (exact) mass is 258 g/mol. The summed E-state index contributed by atoms with van der Waals surface area (Å²) in [7, 11) is 0. The van der Waals surface area contributed by atoms with Crippen LogP contribution in [0.2, 0.25) is 0 Å². The molecular weight excluding hydrogens is 232 g/mol. The van der Waals surface area contributed by atoms with Crippen molar-refractivity contribution in [3.63, 3.8) is 0 Å². The van der Waals surface area contributed by atoms with Gasteiger partial charge in [0.2, 0.25) is 0 Å². The molecule has 0 heterocycles. The summed E-state index contributed by atoms with van der Waals surface area (Å²) < 4.78 is 0.